The fourth-order valence-corrected chi connectivity index (χ4v) is 3.34. The topological polar surface area (TPSA) is 74.2 Å². The molecule has 22 heavy (non-hydrogen) atoms. The molecule has 1 aromatic rings. The van der Waals surface area contributed by atoms with Gasteiger partial charge in [0.1, 0.15) is 11.5 Å². The van der Waals surface area contributed by atoms with Crippen molar-refractivity contribution in [3.63, 3.8) is 0 Å². The van der Waals surface area contributed by atoms with E-state index in [1.165, 1.54) is 0 Å². The minimum Gasteiger partial charge on any atom is -0.340 e. The third-order valence-electron chi connectivity index (χ3n) is 4.86. The van der Waals surface area contributed by atoms with Gasteiger partial charge in [-0.25, -0.2) is 4.98 Å². The van der Waals surface area contributed by atoms with Gasteiger partial charge < -0.3 is 14.8 Å². The molecule has 2 atom stereocenters. The van der Waals surface area contributed by atoms with Crippen LogP contribution < -0.4 is 16.2 Å². The van der Waals surface area contributed by atoms with Gasteiger partial charge in [-0.2, -0.15) is 0 Å². The van der Waals surface area contributed by atoms with E-state index in [0.717, 1.165) is 38.4 Å². The molecule has 3 N–H and O–H groups in total. The molecule has 0 aliphatic carbocycles. The number of hydrazine groups is 1. The van der Waals surface area contributed by atoms with Crippen molar-refractivity contribution in [3.05, 3.63) is 17.7 Å². The first-order valence-electron chi connectivity index (χ1n) is 8.09. The lowest BCUT2D eigenvalue weighted by Crippen LogP contribution is -2.32. The number of fused-ring (bicyclic) bond motifs is 1. The third-order valence-corrected chi connectivity index (χ3v) is 4.86. The second-order valence-corrected chi connectivity index (χ2v) is 6.46. The second-order valence-electron chi connectivity index (χ2n) is 6.46. The average Bonchev–Trinajstić information content (AvgIpc) is 3.08. The maximum Gasteiger partial charge on any atom is 0.273 e. The highest BCUT2D eigenvalue weighted by Gasteiger charge is 2.30. The molecular formula is C15H26N6O. The number of aromatic nitrogens is 2. The van der Waals surface area contributed by atoms with Gasteiger partial charge >= 0.3 is 0 Å². The van der Waals surface area contributed by atoms with E-state index in [1.54, 1.807) is 4.90 Å². The van der Waals surface area contributed by atoms with Gasteiger partial charge in [-0.3, -0.25) is 15.6 Å². The van der Waals surface area contributed by atoms with Gasteiger partial charge in [-0.15, -0.1) is 0 Å². The zero-order valence-electron chi connectivity index (χ0n) is 13.6. The lowest BCUT2D eigenvalue weighted by atomic mass is 9.93. The molecule has 3 rings (SSSR count). The molecule has 1 fully saturated rings. The molecular weight excluding hydrogens is 280 g/mol. The first-order valence-corrected chi connectivity index (χ1v) is 8.09. The summed E-state index contributed by atoms with van der Waals surface area (Å²) < 4.78 is 2.08. The zero-order chi connectivity index (χ0) is 15.7. The number of amides is 1. The summed E-state index contributed by atoms with van der Waals surface area (Å²) >= 11 is 0. The van der Waals surface area contributed by atoms with E-state index in [-0.39, 0.29) is 5.91 Å². The first-order chi connectivity index (χ1) is 10.6. The number of nitrogens with one attached hydrogen (secondary N) is 3. The Balaban J connectivity index is 1.58. The van der Waals surface area contributed by atoms with Crippen LogP contribution in [0.3, 0.4) is 0 Å². The number of carbonyl (C=O) groups is 1. The highest BCUT2D eigenvalue weighted by Crippen LogP contribution is 2.19. The Morgan fingerprint density at radius 3 is 2.82 bits per heavy atom. The van der Waals surface area contributed by atoms with E-state index in [2.05, 4.69) is 39.6 Å². The molecule has 0 aromatic carbocycles. The Labute approximate surface area is 131 Å². The largest absolute Gasteiger partial charge is 0.340 e. The van der Waals surface area contributed by atoms with Crippen molar-refractivity contribution < 1.29 is 4.79 Å². The smallest absolute Gasteiger partial charge is 0.273 e. The molecule has 0 spiro atoms. The maximum atomic E-state index is 12.5. The van der Waals surface area contributed by atoms with Crippen molar-refractivity contribution in [2.24, 2.45) is 5.92 Å². The van der Waals surface area contributed by atoms with Crippen molar-refractivity contribution >= 4 is 5.91 Å². The molecule has 0 saturated carbocycles. The normalized spacial score (nSPS) is 27.7. The molecule has 1 amide bonds. The minimum absolute atomic E-state index is 0.0149. The quantitative estimate of drug-likeness (QED) is 0.727. The number of hydrogen-bond donors (Lipinski definition) is 3. The maximum absolute atomic E-state index is 12.5. The van der Waals surface area contributed by atoms with Crippen molar-refractivity contribution in [3.8, 4) is 0 Å². The van der Waals surface area contributed by atoms with Crippen molar-refractivity contribution in [2.45, 2.75) is 45.4 Å². The molecule has 7 nitrogen and oxygen atoms in total. The average molecular weight is 306 g/mol. The Hall–Kier alpha value is -1.44. The molecule has 7 heteroatoms. The van der Waals surface area contributed by atoms with Crippen molar-refractivity contribution in [2.75, 3.05) is 20.1 Å². The molecule has 3 heterocycles. The summed E-state index contributed by atoms with van der Waals surface area (Å²) in [4.78, 5) is 18.8. The van der Waals surface area contributed by atoms with Gasteiger partial charge in [0.25, 0.3) is 5.91 Å². The Bertz CT molecular complexity index is 509. The van der Waals surface area contributed by atoms with Gasteiger partial charge in [0.15, 0.2) is 0 Å². The number of carbonyl (C=O) groups excluding carboxylic acids is 1. The molecule has 2 aliphatic rings. The Morgan fingerprint density at radius 2 is 2.14 bits per heavy atom. The van der Waals surface area contributed by atoms with Crippen LogP contribution in [0.4, 0.5) is 0 Å². The molecule has 2 unspecified atom stereocenters. The zero-order valence-corrected chi connectivity index (χ0v) is 13.6. The summed E-state index contributed by atoms with van der Waals surface area (Å²) in [5.74, 6) is 1.50. The van der Waals surface area contributed by atoms with Crippen LogP contribution in [0.25, 0.3) is 0 Å². The summed E-state index contributed by atoms with van der Waals surface area (Å²) in [6, 6.07) is 0.869. The number of imidazole rings is 1. The third kappa shape index (κ3) is 3.02. The van der Waals surface area contributed by atoms with Crippen LogP contribution in [0.1, 0.15) is 36.6 Å². The van der Waals surface area contributed by atoms with Crippen LogP contribution >= 0.6 is 0 Å². The van der Waals surface area contributed by atoms with E-state index in [9.17, 15) is 4.79 Å². The summed E-state index contributed by atoms with van der Waals surface area (Å²) in [6.45, 7) is 7.67. The summed E-state index contributed by atoms with van der Waals surface area (Å²) in [5.41, 5.74) is 7.08. The van der Waals surface area contributed by atoms with E-state index >= 15 is 0 Å². The summed E-state index contributed by atoms with van der Waals surface area (Å²) in [7, 11) is 1.87. The summed E-state index contributed by atoms with van der Waals surface area (Å²) in [6.07, 6.45) is 2.87. The standard InChI is InChI=1S/C15H26N6O/c1-10-12(11(2)19-18-10)4-6-20(3)15(22)13-9-21-7-5-16-8-14(21)17-13/h9-12,16,18-19H,4-8H2,1-3H3. The van der Waals surface area contributed by atoms with Crippen molar-refractivity contribution in [1.82, 2.24) is 30.6 Å². The van der Waals surface area contributed by atoms with Crippen LogP contribution in [0, 0.1) is 5.92 Å². The number of hydrogen-bond acceptors (Lipinski definition) is 5. The second kappa shape index (κ2) is 6.36. The van der Waals surface area contributed by atoms with E-state index in [4.69, 9.17) is 0 Å². The molecule has 122 valence electrons. The van der Waals surface area contributed by atoms with Gasteiger partial charge in [-0.05, 0) is 26.2 Å². The van der Waals surface area contributed by atoms with E-state index < -0.39 is 0 Å². The van der Waals surface area contributed by atoms with Gasteiger partial charge in [0, 0.05) is 45.0 Å². The van der Waals surface area contributed by atoms with Crippen LogP contribution in [0.15, 0.2) is 6.20 Å². The molecule has 2 aliphatic heterocycles. The van der Waals surface area contributed by atoms with E-state index in [1.807, 2.05) is 13.2 Å². The monoisotopic (exact) mass is 306 g/mol. The fourth-order valence-electron chi connectivity index (χ4n) is 3.34. The first kappa shape index (κ1) is 15.5. The fraction of sp³-hybridized carbons (Fsp3) is 0.733. The lowest BCUT2D eigenvalue weighted by Gasteiger charge is -2.22. The minimum atomic E-state index is 0.0149. The van der Waals surface area contributed by atoms with Crippen molar-refractivity contribution in [1.29, 1.82) is 0 Å². The SMILES string of the molecule is CC1NNC(C)C1CCN(C)C(=O)c1cn2c(n1)CNCC2. The summed E-state index contributed by atoms with van der Waals surface area (Å²) in [5, 5.41) is 3.27. The Morgan fingerprint density at radius 1 is 1.41 bits per heavy atom. The predicted molar refractivity (Wildman–Crippen MR) is 84.2 cm³/mol. The number of rotatable bonds is 4. The van der Waals surface area contributed by atoms with Gasteiger partial charge in [0.05, 0.1) is 6.54 Å². The molecule has 1 saturated heterocycles. The van der Waals surface area contributed by atoms with Crippen LogP contribution in [-0.2, 0) is 13.1 Å². The Kier molecular flexibility index (Phi) is 4.46. The van der Waals surface area contributed by atoms with Crippen LogP contribution in [-0.4, -0.2) is 52.6 Å². The van der Waals surface area contributed by atoms with Gasteiger partial charge in [0.2, 0.25) is 0 Å². The van der Waals surface area contributed by atoms with Crippen LogP contribution in [0.2, 0.25) is 0 Å². The number of nitrogens with zero attached hydrogens (tertiary/aromatic N) is 3. The predicted octanol–water partition coefficient (Wildman–Crippen LogP) is -0.0506. The molecule has 1 aromatic heterocycles. The van der Waals surface area contributed by atoms with Crippen LogP contribution in [0.5, 0.6) is 0 Å². The van der Waals surface area contributed by atoms with Gasteiger partial charge in [-0.1, -0.05) is 0 Å². The van der Waals surface area contributed by atoms with E-state index in [0.29, 0.717) is 23.7 Å². The highest BCUT2D eigenvalue weighted by molar-refractivity contribution is 5.92. The molecule has 0 radical (unpaired) electrons. The highest BCUT2D eigenvalue weighted by atomic mass is 16.2. The lowest BCUT2D eigenvalue weighted by molar-refractivity contribution is 0.0779. The molecule has 0 bridgehead atoms.